The molecule has 26 heavy (non-hydrogen) atoms. The summed E-state index contributed by atoms with van der Waals surface area (Å²) in [6.07, 6.45) is 4.73. The van der Waals surface area contributed by atoms with Gasteiger partial charge < -0.3 is 20.3 Å². The molecule has 2 saturated heterocycles. The zero-order valence-electron chi connectivity index (χ0n) is 16.0. The SMILES string of the molecule is CN=C(NCCCCN1CCOCC1)NC1CCN(c2cccs2)CC1. The molecule has 0 spiro atoms. The molecular weight excluding hydrogens is 346 g/mol. The molecule has 146 valence electrons. The molecule has 2 aliphatic heterocycles. The lowest BCUT2D eigenvalue weighted by Crippen LogP contribution is -2.48. The van der Waals surface area contributed by atoms with E-state index in [0.29, 0.717) is 6.04 Å². The summed E-state index contributed by atoms with van der Waals surface area (Å²) in [4.78, 5) is 9.38. The molecule has 3 rings (SSSR count). The highest BCUT2D eigenvalue weighted by atomic mass is 32.1. The first-order valence-electron chi connectivity index (χ1n) is 9.91. The second-order valence-electron chi connectivity index (χ2n) is 7.02. The first-order chi connectivity index (χ1) is 12.8. The van der Waals surface area contributed by atoms with Crippen molar-refractivity contribution in [2.75, 3.05) is 64.4 Å². The maximum atomic E-state index is 5.39. The number of piperidine rings is 1. The molecule has 0 radical (unpaired) electrons. The predicted molar refractivity (Wildman–Crippen MR) is 111 cm³/mol. The summed E-state index contributed by atoms with van der Waals surface area (Å²) in [7, 11) is 1.86. The van der Waals surface area contributed by atoms with Crippen molar-refractivity contribution in [1.82, 2.24) is 15.5 Å². The van der Waals surface area contributed by atoms with Crippen LogP contribution in [0.15, 0.2) is 22.5 Å². The van der Waals surface area contributed by atoms with E-state index in [2.05, 4.69) is 42.9 Å². The van der Waals surface area contributed by atoms with E-state index in [4.69, 9.17) is 4.74 Å². The topological polar surface area (TPSA) is 52.1 Å². The number of nitrogens with one attached hydrogen (secondary N) is 2. The minimum atomic E-state index is 0.519. The number of hydrogen-bond donors (Lipinski definition) is 2. The average Bonchev–Trinajstić information content (AvgIpc) is 3.23. The Balaban J connectivity index is 1.27. The number of unbranched alkanes of at least 4 members (excludes halogenated alkanes) is 1. The molecule has 7 heteroatoms. The van der Waals surface area contributed by atoms with Crippen LogP contribution in [0, 0.1) is 0 Å². The quantitative estimate of drug-likeness (QED) is 0.431. The molecule has 2 aliphatic rings. The third-order valence-electron chi connectivity index (χ3n) is 5.17. The van der Waals surface area contributed by atoms with Crippen molar-refractivity contribution in [3.05, 3.63) is 17.5 Å². The van der Waals surface area contributed by atoms with Gasteiger partial charge in [-0.05, 0) is 49.7 Å². The van der Waals surface area contributed by atoms with Gasteiger partial charge in [-0.1, -0.05) is 0 Å². The summed E-state index contributed by atoms with van der Waals surface area (Å²) in [5, 5.41) is 10.6. The Hall–Kier alpha value is -1.31. The maximum Gasteiger partial charge on any atom is 0.191 e. The standard InChI is InChI=1S/C19H33N5OS/c1-20-19(21-8-2-3-9-23-12-14-25-15-13-23)22-17-6-10-24(11-7-17)18-5-4-16-26-18/h4-5,16-17H,2-3,6-15H2,1H3,(H2,20,21,22). The molecule has 2 fully saturated rings. The van der Waals surface area contributed by atoms with Crippen LogP contribution >= 0.6 is 11.3 Å². The van der Waals surface area contributed by atoms with Gasteiger partial charge in [-0.25, -0.2) is 0 Å². The molecule has 0 amide bonds. The Kier molecular flexibility index (Phi) is 8.04. The van der Waals surface area contributed by atoms with E-state index in [-0.39, 0.29) is 0 Å². The first-order valence-corrected chi connectivity index (χ1v) is 10.8. The molecule has 0 aromatic carbocycles. The van der Waals surface area contributed by atoms with Crippen LogP contribution in [-0.4, -0.2) is 76.4 Å². The highest BCUT2D eigenvalue weighted by Gasteiger charge is 2.20. The monoisotopic (exact) mass is 379 g/mol. The molecule has 0 atom stereocenters. The van der Waals surface area contributed by atoms with Crippen LogP contribution in [0.5, 0.6) is 0 Å². The molecule has 0 bridgehead atoms. The van der Waals surface area contributed by atoms with Crippen molar-refractivity contribution < 1.29 is 4.74 Å². The lowest BCUT2D eigenvalue weighted by molar-refractivity contribution is 0.0372. The molecule has 2 N–H and O–H groups in total. The molecule has 1 aromatic heterocycles. The zero-order valence-corrected chi connectivity index (χ0v) is 16.8. The average molecular weight is 380 g/mol. The Morgan fingerprint density at radius 1 is 1.23 bits per heavy atom. The number of aliphatic imine (C=N–C) groups is 1. The number of morpholine rings is 1. The summed E-state index contributed by atoms with van der Waals surface area (Å²) in [5.41, 5.74) is 0. The molecule has 1 aromatic rings. The normalized spacial score (nSPS) is 20.3. The fourth-order valence-electron chi connectivity index (χ4n) is 3.57. The van der Waals surface area contributed by atoms with Crippen LogP contribution in [0.3, 0.4) is 0 Å². The maximum absolute atomic E-state index is 5.39. The lowest BCUT2D eigenvalue weighted by Gasteiger charge is -2.33. The van der Waals surface area contributed by atoms with Gasteiger partial charge in [-0.3, -0.25) is 9.89 Å². The van der Waals surface area contributed by atoms with Gasteiger partial charge in [0.2, 0.25) is 0 Å². The van der Waals surface area contributed by atoms with Crippen molar-refractivity contribution in [2.24, 2.45) is 4.99 Å². The number of rotatable bonds is 7. The van der Waals surface area contributed by atoms with E-state index in [1.165, 1.54) is 24.4 Å². The minimum Gasteiger partial charge on any atom is -0.379 e. The van der Waals surface area contributed by atoms with Crippen LogP contribution in [0.25, 0.3) is 0 Å². The number of nitrogens with zero attached hydrogens (tertiary/aromatic N) is 3. The summed E-state index contributed by atoms with van der Waals surface area (Å²) < 4.78 is 5.39. The van der Waals surface area contributed by atoms with E-state index in [1.54, 1.807) is 0 Å². The van der Waals surface area contributed by atoms with Crippen molar-refractivity contribution in [2.45, 2.75) is 31.7 Å². The Morgan fingerprint density at radius 2 is 2.04 bits per heavy atom. The van der Waals surface area contributed by atoms with E-state index in [0.717, 1.165) is 64.7 Å². The summed E-state index contributed by atoms with van der Waals surface area (Å²) in [6.45, 7) is 8.35. The van der Waals surface area contributed by atoms with E-state index < -0.39 is 0 Å². The molecule has 0 unspecified atom stereocenters. The fourth-order valence-corrected chi connectivity index (χ4v) is 4.36. The van der Waals surface area contributed by atoms with Crippen LogP contribution in [0.4, 0.5) is 5.00 Å². The predicted octanol–water partition coefficient (Wildman–Crippen LogP) is 1.99. The Morgan fingerprint density at radius 3 is 2.73 bits per heavy atom. The first kappa shape index (κ1) is 19.5. The Bertz CT molecular complexity index is 522. The van der Waals surface area contributed by atoms with Crippen LogP contribution in [0.2, 0.25) is 0 Å². The van der Waals surface area contributed by atoms with Gasteiger partial charge in [0.1, 0.15) is 0 Å². The van der Waals surface area contributed by atoms with Gasteiger partial charge in [0.25, 0.3) is 0 Å². The Labute approximate surface area is 161 Å². The third-order valence-corrected chi connectivity index (χ3v) is 6.10. The van der Waals surface area contributed by atoms with Crippen LogP contribution in [0.1, 0.15) is 25.7 Å². The third kappa shape index (κ3) is 6.14. The number of ether oxygens (including phenoxy) is 1. The number of guanidine groups is 1. The van der Waals surface area contributed by atoms with Crippen LogP contribution in [-0.2, 0) is 4.74 Å². The smallest absolute Gasteiger partial charge is 0.191 e. The molecule has 0 saturated carbocycles. The molecular formula is C19H33N5OS. The molecule has 0 aliphatic carbocycles. The summed E-state index contributed by atoms with van der Waals surface area (Å²) in [6, 6.07) is 4.87. The largest absolute Gasteiger partial charge is 0.379 e. The fraction of sp³-hybridized carbons (Fsp3) is 0.737. The van der Waals surface area contributed by atoms with Crippen molar-refractivity contribution in [3.63, 3.8) is 0 Å². The van der Waals surface area contributed by atoms with Gasteiger partial charge in [0.05, 0.1) is 18.2 Å². The molecule has 3 heterocycles. The second kappa shape index (κ2) is 10.7. The van der Waals surface area contributed by atoms with Gasteiger partial charge >= 0.3 is 0 Å². The van der Waals surface area contributed by atoms with Gasteiger partial charge in [0.15, 0.2) is 5.96 Å². The second-order valence-corrected chi connectivity index (χ2v) is 7.94. The van der Waals surface area contributed by atoms with E-state index >= 15 is 0 Å². The highest BCUT2D eigenvalue weighted by molar-refractivity contribution is 7.14. The number of anilines is 1. The summed E-state index contributed by atoms with van der Waals surface area (Å²) >= 11 is 1.83. The lowest BCUT2D eigenvalue weighted by atomic mass is 10.1. The van der Waals surface area contributed by atoms with E-state index in [9.17, 15) is 0 Å². The van der Waals surface area contributed by atoms with Crippen molar-refractivity contribution >= 4 is 22.3 Å². The number of hydrogen-bond acceptors (Lipinski definition) is 5. The van der Waals surface area contributed by atoms with Crippen molar-refractivity contribution in [1.29, 1.82) is 0 Å². The van der Waals surface area contributed by atoms with E-state index in [1.807, 2.05) is 18.4 Å². The van der Waals surface area contributed by atoms with Gasteiger partial charge in [0, 0.05) is 45.8 Å². The van der Waals surface area contributed by atoms with Gasteiger partial charge in [-0.2, -0.15) is 0 Å². The van der Waals surface area contributed by atoms with Crippen LogP contribution < -0.4 is 15.5 Å². The minimum absolute atomic E-state index is 0.519. The summed E-state index contributed by atoms with van der Waals surface area (Å²) in [5.74, 6) is 0.950. The van der Waals surface area contributed by atoms with Gasteiger partial charge in [-0.15, -0.1) is 11.3 Å². The zero-order chi connectivity index (χ0) is 18.0. The highest BCUT2D eigenvalue weighted by Crippen LogP contribution is 2.24. The molecule has 6 nitrogen and oxygen atoms in total. The van der Waals surface area contributed by atoms with Crippen molar-refractivity contribution in [3.8, 4) is 0 Å². The number of thiophene rings is 1.